The molecule has 0 heterocycles. The first kappa shape index (κ1) is 11.2. The Morgan fingerprint density at radius 1 is 1.06 bits per heavy atom. The fraction of sp³-hybridized carbons (Fsp3) is 0.312. The number of benzene rings is 2. The van der Waals surface area contributed by atoms with Crippen molar-refractivity contribution in [3.8, 4) is 0 Å². The second-order valence-electron chi connectivity index (χ2n) is 4.38. The molecule has 16 heavy (non-hydrogen) atoms. The Hall–Kier alpha value is -1.30. The van der Waals surface area contributed by atoms with Crippen molar-refractivity contribution in [3.63, 3.8) is 0 Å². The molecule has 0 aromatic heterocycles. The lowest BCUT2D eigenvalue weighted by Gasteiger charge is -2.14. The van der Waals surface area contributed by atoms with Crippen molar-refractivity contribution in [2.45, 2.75) is 32.1 Å². The Morgan fingerprint density at radius 2 is 1.81 bits per heavy atom. The van der Waals surface area contributed by atoms with E-state index < -0.39 is 0 Å². The second kappa shape index (κ2) is 5.16. The molecule has 2 aromatic rings. The third kappa shape index (κ3) is 2.27. The molecule has 0 bridgehead atoms. The summed E-state index contributed by atoms with van der Waals surface area (Å²) in [6.45, 7) is 6.30. The molecule has 0 heteroatoms. The third-order valence-electron chi connectivity index (χ3n) is 3.23. The van der Waals surface area contributed by atoms with Crippen molar-refractivity contribution in [2.75, 3.05) is 0 Å². The van der Waals surface area contributed by atoms with Crippen LogP contribution in [0.15, 0.2) is 42.5 Å². The topological polar surface area (TPSA) is 0 Å². The van der Waals surface area contributed by atoms with Crippen LogP contribution in [0.3, 0.4) is 0 Å². The van der Waals surface area contributed by atoms with Gasteiger partial charge < -0.3 is 0 Å². The summed E-state index contributed by atoms with van der Waals surface area (Å²) in [5, 5.41) is 2.67. The van der Waals surface area contributed by atoms with Crippen molar-refractivity contribution in [3.05, 3.63) is 55.0 Å². The highest BCUT2D eigenvalue weighted by Gasteiger charge is 2.08. The number of fused-ring (bicyclic) bond motifs is 1. The van der Waals surface area contributed by atoms with Crippen LogP contribution in [0, 0.1) is 6.92 Å². The molecule has 0 saturated carbocycles. The van der Waals surface area contributed by atoms with E-state index in [0.29, 0.717) is 5.92 Å². The maximum atomic E-state index is 4.06. The first-order valence-electron chi connectivity index (χ1n) is 6.13. The van der Waals surface area contributed by atoms with Gasteiger partial charge in [-0.25, -0.2) is 0 Å². The predicted molar refractivity (Wildman–Crippen MR) is 71.6 cm³/mol. The van der Waals surface area contributed by atoms with E-state index in [2.05, 4.69) is 56.3 Å². The summed E-state index contributed by atoms with van der Waals surface area (Å²) in [7, 11) is 0. The summed E-state index contributed by atoms with van der Waals surface area (Å²) in [6.07, 6.45) is 3.46. The van der Waals surface area contributed by atoms with Gasteiger partial charge in [-0.15, -0.1) is 0 Å². The minimum atomic E-state index is 0.620. The van der Waals surface area contributed by atoms with E-state index in [9.17, 15) is 0 Å². The highest BCUT2D eigenvalue weighted by molar-refractivity contribution is 5.83. The van der Waals surface area contributed by atoms with E-state index in [-0.39, 0.29) is 0 Å². The number of hydrogen-bond donors (Lipinski definition) is 0. The molecule has 0 saturated heterocycles. The molecule has 0 aliphatic carbocycles. The summed E-state index contributed by atoms with van der Waals surface area (Å²) in [6, 6.07) is 15.3. The average Bonchev–Trinajstić information content (AvgIpc) is 2.35. The van der Waals surface area contributed by atoms with Crippen LogP contribution >= 0.6 is 0 Å². The smallest absolute Gasteiger partial charge is 0.0162 e. The quantitative estimate of drug-likeness (QED) is 0.671. The summed E-state index contributed by atoms with van der Waals surface area (Å²) in [5.41, 5.74) is 1.44. The first-order chi connectivity index (χ1) is 7.85. The van der Waals surface area contributed by atoms with Crippen molar-refractivity contribution in [2.24, 2.45) is 0 Å². The maximum absolute atomic E-state index is 4.06. The van der Waals surface area contributed by atoms with Gasteiger partial charge in [-0.1, -0.05) is 62.7 Å². The molecule has 1 radical (unpaired) electrons. The minimum absolute atomic E-state index is 0.620. The van der Waals surface area contributed by atoms with E-state index in [4.69, 9.17) is 0 Å². The summed E-state index contributed by atoms with van der Waals surface area (Å²) >= 11 is 0. The minimum Gasteiger partial charge on any atom is -0.0654 e. The van der Waals surface area contributed by atoms with Gasteiger partial charge in [-0.2, -0.15) is 0 Å². The van der Waals surface area contributed by atoms with Crippen molar-refractivity contribution < 1.29 is 0 Å². The van der Waals surface area contributed by atoms with E-state index >= 15 is 0 Å². The Bertz CT molecular complexity index is 456. The molecule has 0 aliphatic rings. The fourth-order valence-corrected chi connectivity index (χ4v) is 2.29. The average molecular weight is 211 g/mol. The molecule has 0 aliphatic heterocycles. The summed E-state index contributed by atoms with van der Waals surface area (Å²) in [5.74, 6) is 0.620. The zero-order valence-corrected chi connectivity index (χ0v) is 9.95. The third-order valence-corrected chi connectivity index (χ3v) is 3.23. The predicted octanol–water partition coefficient (Wildman–Crippen LogP) is 4.95. The van der Waals surface area contributed by atoms with Gasteiger partial charge in [0.2, 0.25) is 0 Å². The fourth-order valence-electron chi connectivity index (χ4n) is 2.29. The zero-order chi connectivity index (χ0) is 11.4. The van der Waals surface area contributed by atoms with Gasteiger partial charge in [0.05, 0.1) is 0 Å². The van der Waals surface area contributed by atoms with Gasteiger partial charge in [-0.05, 0) is 35.1 Å². The van der Waals surface area contributed by atoms with Crippen LogP contribution in [0.1, 0.15) is 37.7 Å². The molecule has 2 rings (SSSR count). The molecule has 1 atom stereocenters. The van der Waals surface area contributed by atoms with Crippen LogP contribution in [-0.2, 0) is 0 Å². The monoisotopic (exact) mass is 211 g/mol. The first-order valence-corrected chi connectivity index (χ1v) is 6.13. The molecular weight excluding hydrogens is 192 g/mol. The Balaban J connectivity index is 2.37. The van der Waals surface area contributed by atoms with E-state index in [1.54, 1.807) is 0 Å². The highest BCUT2D eigenvalue weighted by Crippen LogP contribution is 2.27. The van der Waals surface area contributed by atoms with Gasteiger partial charge in [0.1, 0.15) is 0 Å². The van der Waals surface area contributed by atoms with Crippen LogP contribution in [-0.4, -0.2) is 0 Å². The Kier molecular flexibility index (Phi) is 3.61. The molecule has 83 valence electrons. The van der Waals surface area contributed by atoms with E-state index in [1.165, 1.54) is 29.2 Å². The van der Waals surface area contributed by atoms with Crippen LogP contribution in [0.4, 0.5) is 0 Å². The maximum Gasteiger partial charge on any atom is -0.0162 e. The molecule has 0 N–H and O–H groups in total. The second-order valence-corrected chi connectivity index (χ2v) is 4.38. The van der Waals surface area contributed by atoms with Crippen LogP contribution < -0.4 is 0 Å². The molecule has 0 amide bonds. The number of rotatable bonds is 4. The van der Waals surface area contributed by atoms with Gasteiger partial charge in [0.25, 0.3) is 0 Å². The lowest BCUT2D eigenvalue weighted by atomic mass is 9.91. The molecule has 0 nitrogen and oxygen atoms in total. The summed E-state index contributed by atoms with van der Waals surface area (Å²) < 4.78 is 0. The standard InChI is InChI=1S/C16H19/c1-3-7-13(4-2)16-11-10-14-8-5-6-9-15(14)12-16/h5-6,8-13H,2-4,7H2,1H3. The zero-order valence-electron chi connectivity index (χ0n) is 9.95. The largest absolute Gasteiger partial charge is 0.0654 e. The summed E-state index contributed by atoms with van der Waals surface area (Å²) in [4.78, 5) is 0. The van der Waals surface area contributed by atoms with Gasteiger partial charge >= 0.3 is 0 Å². The molecule has 1 unspecified atom stereocenters. The normalized spacial score (nSPS) is 12.9. The van der Waals surface area contributed by atoms with Crippen molar-refractivity contribution in [1.82, 2.24) is 0 Å². The Labute approximate surface area is 98.3 Å². The van der Waals surface area contributed by atoms with E-state index in [1.807, 2.05) is 0 Å². The highest BCUT2D eigenvalue weighted by atomic mass is 14.1. The lowest BCUT2D eigenvalue weighted by Crippen LogP contribution is -1.96. The molecule has 2 aromatic carbocycles. The van der Waals surface area contributed by atoms with Crippen molar-refractivity contribution in [1.29, 1.82) is 0 Å². The van der Waals surface area contributed by atoms with Crippen LogP contribution in [0.25, 0.3) is 10.8 Å². The van der Waals surface area contributed by atoms with Crippen LogP contribution in [0.2, 0.25) is 0 Å². The van der Waals surface area contributed by atoms with Crippen molar-refractivity contribution >= 4 is 10.8 Å². The van der Waals surface area contributed by atoms with Crippen LogP contribution in [0.5, 0.6) is 0 Å². The molecule has 0 spiro atoms. The number of hydrogen-bond acceptors (Lipinski definition) is 0. The van der Waals surface area contributed by atoms with E-state index in [0.717, 1.165) is 6.42 Å². The lowest BCUT2D eigenvalue weighted by molar-refractivity contribution is 0.620. The molecule has 0 fully saturated rings. The molecular formula is C16H19. The SMILES string of the molecule is [CH2]CC(CCC)c1ccc2ccccc2c1. The van der Waals surface area contributed by atoms with Gasteiger partial charge in [0, 0.05) is 0 Å². The Morgan fingerprint density at radius 3 is 2.50 bits per heavy atom. The van der Waals surface area contributed by atoms with Gasteiger partial charge in [0.15, 0.2) is 0 Å². The van der Waals surface area contributed by atoms with Gasteiger partial charge in [-0.3, -0.25) is 0 Å².